The molecule has 2 aromatic carbocycles. The van der Waals surface area contributed by atoms with E-state index in [-0.39, 0.29) is 12.5 Å². The van der Waals surface area contributed by atoms with Gasteiger partial charge in [-0.2, -0.15) is 0 Å². The number of benzene rings is 2. The third-order valence-corrected chi connectivity index (χ3v) is 3.95. The van der Waals surface area contributed by atoms with E-state index in [1.54, 1.807) is 30.3 Å². The van der Waals surface area contributed by atoms with Crippen LogP contribution in [-0.2, 0) is 14.3 Å². The van der Waals surface area contributed by atoms with E-state index in [0.29, 0.717) is 11.3 Å². The zero-order valence-electron chi connectivity index (χ0n) is 15.1. The Morgan fingerprint density at radius 3 is 2.31 bits per heavy atom. The summed E-state index contributed by atoms with van der Waals surface area (Å²) in [6.07, 6.45) is 0. The number of hydrogen-bond donors (Lipinski definition) is 2. The minimum absolute atomic E-state index is 0.200. The molecular weight excluding hydrogens is 332 g/mol. The van der Waals surface area contributed by atoms with Gasteiger partial charge >= 0.3 is 5.97 Å². The molecule has 0 aliphatic carbocycles. The van der Waals surface area contributed by atoms with E-state index >= 15 is 0 Å². The summed E-state index contributed by atoms with van der Waals surface area (Å²) < 4.78 is 4.93. The van der Waals surface area contributed by atoms with Crippen molar-refractivity contribution in [1.29, 1.82) is 0 Å². The van der Waals surface area contributed by atoms with Crippen LogP contribution in [-0.4, -0.2) is 30.9 Å². The van der Waals surface area contributed by atoms with Gasteiger partial charge in [0.15, 0.2) is 6.61 Å². The molecule has 0 bridgehead atoms. The molecular formula is C20H22N2O4. The second kappa shape index (κ2) is 8.80. The Labute approximate surface area is 152 Å². The molecule has 0 atom stereocenters. The highest BCUT2D eigenvalue weighted by atomic mass is 16.5. The lowest BCUT2D eigenvalue weighted by Gasteiger charge is -2.11. The molecule has 0 heterocycles. The predicted octanol–water partition coefficient (Wildman–Crippen LogP) is 2.52. The largest absolute Gasteiger partial charge is 0.452 e. The summed E-state index contributed by atoms with van der Waals surface area (Å²) in [7, 11) is 0. The SMILES string of the molecule is Cc1ccc(C(=O)OCC(=O)NCC(=O)Nc2cccc(C)c2C)cc1. The van der Waals surface area contributed by atoms with Crippen LogP contribution in [0.2, 0.25) is 0 Å². The molecule has 2 amide bonds. The van der Waals surface area contributed by atoms with E-state index in [4.69, 9.17) is 4.74 Å². The normalized spacial score (nSPS) is 10.1. The number of rotatable bonds is 6. The minimum atomic E-state index is -0.583. The Morgan fingerprint density at radius 2 is 1.62 bits per heavy atom. The van der Waals surface area contributed by atoms with Crippen LogP contribution < -0.4 is 10.6 Å². The second-order valence-corrected chi connectivity index (χ2v) is 6.01. The Morgan fingerprint density at radius 1 is 0.923 bits per heavy atom. The number of hydrogen-bond acceptors (Lipinski definition) is 4. The predicted molar refractivity (Wildman–Crippen MR) is 99.0 cm³/mol. The standard InChI is InChI=1S/C20H22N2O4/c1-13-7-9-16(10-8-13)20(25)26-12-19(24)21-11-18(23)22-17-6-4-5-14(2)15(17)3/h4-10H,11-12H2,1-3H3,(H,21,24)(H,22,23). The molecule has 0 fully saturated rings. The van der Waals surface area contributed by atoms with Crippen LogP contribution in [0.3, 0.4) is 0 Å². The molecule has 0 aliphatic heterocycles. The average Bonchev–Trinajstić information content (AvgIpc) is 2.62. The van der Waals surface area contributed by atoms with Gasteiger partial charge in [-0.25, -0.2) is 4.79 Å². The number of amides is 2. The van der Waals surface area contributed by atoms with Gasteiger partial charge < -0.3 is 15.4 Å². The highest BCUT2D eigenvalue weighted by Crippen LogP contribution is 2.17. The van der Waals surface area contributed by atoms with E-state index in [1.807, 2.05) is 32.9 Å². The molecule has 0 radical (unpaired) electrons. The van der Waals surface area contributed by atoms with Crippen molar-refractivity contribution in [1.82, 2.24) is 5.32 Å². The fraction of sp³-hybridized carbons (Fsp3) is 0.250. The molecule has 6 heteroatoms. The Hall–Kier alpha value is -3.15. The molecule has 136 valence electrons. The number of carbonyl (C=O) groups is 3. The maximum absolute atomic E-state index is 11.9. The first-order valence-corrected chi connectivity index (χ1v) is 8.23. The average molecular weight is 354 g/mol. The molecule has 26 heavy (non-hydrogen) atoms. The Kier molecular flexibility index (Phi) is 6.49. The van der Waals surface area contributed by atoms with Gasteiger partial charge in [-0.1, -0.05) is 29.8 Å². The summed E-state index contributed by atoms with van der Waals surface area (Å²) in [6.45, 7) is 5.13. The van der Waals surface area contributed by atoms with Gasteiger partial charge in [0.1, 0.15) is 0 Å². The Balaban J connectivity index is 1.76. The number of nitrogens with one attached hydrogen (secondary N) is 2. The molecule has 0 saturated carbocycles. The third-order valence-electron chi connectivity index (χ3n) is 3.95. The fourth-order valence-corrected chi connectivity index (χ4v) is 2.21. The van der Waals surface area contributed by atoms with Crippen molar-refractivity contribution in [2.45, 2.75) is 20.8 Å². The highest BCUT2D eigenvalue weighted by molar-refractivity contribution is 5.96. The smallest absolute Gasteiger partial charge is 0.338 e. The molecule has 2 N–H and O–H groups in total. The van der Waals surface area contributed by atoms with Crippen LogP contribution in [0.15, 0.2) is 42.5 Å². The van der Waals surface area contributed by atoms with E-state index in [2.05, 4.69) is 10.6 Å². The molecule has 2 aromatic rings. The van der Waals surface area contributed by atoms with Gasteiger partial charge in [0.05, 0.1) is 12.1 Å². The zero-order valence-corrected chi connectivity index (χ0v) is 15.1. The number of carbonyl (C=O) groups excluding carboxylic acids is 3. The number of esters is 1. The van der Waals surface area contributed by atoms with Gasteiger partial charge in [0.25, 0.3) is 5.91 Å². The van der Waals surface area contributed by atoms with Crippen molar-refractivity contribution in [2.24, 2.45) is 0 Å². The number of ether oxygens (including phenoxy) is 1. The molecule has 6 nitrogen and oxygen atoms in total. The lowest BCUT2D eigenvalue weighted by Crippen LogP contribution is -2.35. The molecule has 0 saturated heterocycles. The molecule has 0 aliphatic rings. The van der Waals surface area contributed by atoms with Crippen LogP contribution in [0.25, 0.3) is 0 Å². The van der Waals surface area contributed by atoms with Crippen molar-refractivity contribution in [2.75, 3.05) is 18.5 Å². The molecule has 0 spiro atoms. The van der Waals surface area contributed by atoms with E-state index < -0.39 is 18.5 Å². The van der Waals surface area contributed by atoms with Crippen LogP contribution >= 0.6 is 0 Å². The van der Waals surface area contributed by atoms with Crippen molar-refractivity contribution < 1.29 is 19.1 Å². The first kappa shape index (κ1) is 19.2. The summed E-state index contributed by atoms with van der Waals surface area (Å²) in [5, 5.41) is 5.17. The first-order chi connectivity index (χ1) is 12.4. The van der Waals surface area contributed by atoms with E-state index in [0.717, 1.165) is 16.7 Å². The Bertz CT molecular complexity index is 813. The quantitative estimate of drug-likeness (QED) is 0.781. The van der Waals surface area contributed by atoms with Crippen LogP contribution in [0.1, 0.15) is 27.0 Å². The van der Waals surface area contributed by atoms with Gasteiger partial charge in [-0.15, -0.1) is 0 Å². The second-order valence-electron chi connectivity index (χ2n) is 6.01. The highest BCUT2D eigenvalue weighted by Gasteiger charge is 2.11. The summed E-state index contributed by atoms with van der Waals surface area (Å²) in [5.41, 5.74) is 4.13. The lowest BCUT2D eigenvalue weighted by atomic mass is 10.1. The third kappa shape index (κ3) is 5.44. The zero-order chi connectivity index (χ0) is 19.1. The van der Waals surface area contributed by atoms with Gasteiger partial charge in [0, 0.05) is 5.69 Å². The van der Waals surface area contributed by atoms with Crippen molar-refractivity contribution in [3.63, 3.8) is 0 Å². The summed E-state index contributed by atoms with van der Waals surface area (Å²) in [4.78, 5) is 35.5. The summed E-state index contributed by atoms with van der Waals surface area (Å²) in [6, 6.07) is 12.4. The fourth-order valence-electron chi connectivity index (χ4n) is 2.21. The topological polar surface area (TPSA) is 84.5 Å². The minimum Gasteiger partial charge on any atom is -0.452 e. The maximum Gasteiger partial charge on any atom is 0.338 e. The monoisotopic (exact) mass is 354 g/mol. The molecule has 2 rings (SSSR count). The van der Waals surface area contributed by atoms with Gasteiger partial charge in [0.2, 0.25) is 5.91 Å². The molecule has 0 unspecified atom stereocenters. The lowest BCUT2D eigenvalue weighted by molar-refractivity contribution is -0.126. The van der Waals surface area contributed by atoms with Gasteiger partial charge in [-0.05, 0) is 50.1 Å². The summed E-state index contributed by atoms with van der Waals surface area (Å²) >= 11 is 0. The van der Waals surface area contributed by atoms with Crippen LogP contribution in [0.5, 0.6) is 0 Å². The van der Waals surface area contributed by atoms with E-state index in [1.165, 1.54) is 0 Å². The number of aryl methyl sites for hydroxylation is 2. The maximum atomic E-state index is 11.9. The van der Waals surface area contributed by atoms with Crippen LogP contribution in [0, 0.1) is 20.8 Å². The first-order valence-electron chi connectivity index (χ1n) is 8.23. The van der Waals surface area contributed by atoms with Crippen molar-refractivity contribution in [3.05, 3.63) is 64.7 Å². The summed E-state index contributed by atoms with van der Waals surface area (Å²) in [5.74, 6) is -1.47. The van der Waals surface area contributed by atoms with Crippen molar-refractivity contribution >= 4 is 23.5 Å². The van der Waals surface area contributed by atoms with Crippen molar-refractivity contribution in [3.8, 4) is 0 Å². The molecule has 0 aromatic heterocycles. The van der Waals surface area contributed by atoms with Gasteiger partial charge in [-0.3, -0.25) is 9.59 Å². The number of anilines is 1. The van der Waals surface area contributed by atoms with Crippen LogP contribution in [0.4, 0.5) is 5.69 Å². The van der Waals surface area contributed by atoms with E-state index in [9.17, 15) is 14.4 Å².